The Morgan fingerprint density at radius 3 is 1.09 bits per heavy atom. The summed E-state index contributed by atoms with van der Waals surface area (Å²) in [6.07, 6.45) is 0.182. The molecule has 0 fully saturated rings. The Labute approximate surface area is 262 Å². The third-order valence-corrected chi connectivity index (χ3v) is 7.54. The van der Waals surface area contributed by atoms with Gasteiger partial charge in [-0.3, -0.25) is 4.79 Å². The molecule has 1 unspecified atom stereocenters. The van der Waals surface area contributed by atoms with Crippen molar-refractivity contribution in [1.82, 2.24) is 0 Å². The molecule has 0 aromatic heterocycles. The van der Waals surface area contributed by atoms with Gasteiger partial charge in [-0.1, -0.05) is 86.1 Å². The second kappa shape index (κ2) is 14.5. The zero-order valence-electron chi connectivity index (χ0n) is 26.0. The lowest BCUT2D eigenvalue weighted by Gasteiger charge is -2.33. The molecule has 0 aliphatic heterocycles. The predicted octanol–water partition coefficient (Wildman–Crippen LogP) is 7.05. The van der Waals surface area contributed by atoms with Crippen molar-refractivity contribution in [3.63, 3.8) is 0 Å². The molecule has 0 bridgehead atoms. The number of ether oxygens (including phenoxy) is 4. The summed E-state index contributed by atoms with van der Waals surface area (Å²) in [7, 11) is 0. The fourth-order valence-electron chi connectivity index (χ4n) is 4.88. The van der Waals surface area contributed by atoms with Crippen molar-refractivity contribution < 1.29 is 38.1 Å². The van der Waals surface area contributed by atoms with E-state index in [9.17, 15) is 19.2 Å². The zero-order chi connectivity index (χ0) is 32.6. The number of carbonyl (C=O) groups is 4. The summed E-state index contributed by atoms with van der Waals surface area (Å²) < 4.78 is 23.2. The third-order valence-electron chi connectivity index (χ3n) is 7.54. The lowest BCUT2D eigenvalue weighted by molar-refractivity contribution is -0.181. The van der Waals surface area contributed by atoms with Crippen molar-refractivity contribution in [1.29, 1.82) is 0 Å². The van der Waals surface area contributed by atoms with E-state index in [1.54, 1.807) is 113 Å². The molecule has 4 aromatic carbocycles. The van der Waals surface area contributed by atoms with Crippen molar-refractivity contribution in [2.75, 3.05) is 0 Å². The van der Waals surface area contributed by atoms with Crippen LogP contribution < -0.4 is 18.9 Å². The minimum atomic E-state index is -2.93. The largest absolute Gasteiger partial charge is 0.426 e. The number of esters is 4. The lowest BCUT2D eigenvalue weighted by atomic mass is 9.72. The maximum atomic E-state index is 14.5. The topological polar surface area (TPSA) is 105 Å². The maximum Gasteiger partial charge on any atom is 0.341 e. The molecule has 0 spiro atoms. The second-order valence-corrected chi connectivity index (χ2v) is 10.8. The van der Waals surface area contributed by atoms with Crippen LogP contribution in [0.1, 0.15) is 42.0 Å². The van der Waals surface area contributed by atoms with Crippen molar-refractivity contribution in [3.8, 4) is 23.0 Å². The molecular formula is C37H36O8. The molecule has 45 heavy (non-hydrogen) atoms. The highest BCUT2D eigenvalue weighted by molar-refractivity contribution is 6.21. The van der Waals surface area contributed by atoms with Gasteiger partial charge in [0.25, 0.3) is 5.41 Å². The van der Waals surface area contributed by atoms with Gasteiger partial charge in [0, 0.05) is 0 Å². The van der Waals surface area contributed by atoms with Crippen LogP contribution in [0.2, 0.25) is 0 Å². The van der Waals surface area contributed by atoms with Gasteiger partial charge in [-0.2, -0.15) is 0 Å². The average Bonchev–Trinajstić information content (AvgIpc) is 3.01. The number of hydrogen-bond acceptors (Lipinski definition) is 8. The maximum absolute atomic E-state index is 14.5. The highest BCUT2D eigenvalue weighted by atomic mass is 16.6. The normalized spacial score (nSPS) is 11.7. The van der Waals surface area contributed by atoms with E-state index in [0.717, 1.165) is 0 Å². The Bertz CT molecular complexity index is 1560. The van der Waals surface area contributed by atoms with Crippen molar-refractivity contribution in [2.45, 2.75) is 47.5 Å². The summed E-state index contributed by atoms with van der Waals surface area (Å²) in [5.74, 6) is -6.14. The molecule has 8 heteroatoms. The summed E-state index contributed by atoms with van der Waals surface area (Å²) in [4.78, 5) is 57.7. The summed E-state index contributed by atoms with van der Waals surface area (Å²) in [5, 5.41) is 0. The van der Waals surface area contributed by atoms with Crippen LogP contribution in [0.25, 0.3) is 0 Å². The summed E-state index contributed by atoms with van der Waals surface area (Å²) in [5.41, 5.74) is -0.599. The summed E-state index contributed by atoms with van der Waals surface area (Å²) in [6.45, 7) is 8.62. The Hall–Kier alpha value is -5.24. The summed E-state index contributed by atoms with van der Waals surface area (Å²) >= 11 is 0. The Balaban J connectivity index is 1.94. The van der Waals surface area contributed by atoms with Gasteiger partial charge in [0.05, 0.1) is 5.92 Å². The van der Waals surface area contributed by atoms with Crippen LogP contribution in [0.15, 0.2) is 97.1 Å². The molecule has 0 saturated carbocycles. The lowest BCUT2D eigenvalue weighted by Crippen LogP contribution is -2.59. The molecule has 4 rings (SSSR count). The predicted molar refractivity (Wildman–Crippen MR) is 168 cm³/mol. The van der Waals surface area contributed by atoms with Gasteiger partial charge in [-0.05, 0) is 80.6 Å². The molecule has 0 saturated heterocycles. The number of hydrogen-bond donors (Lipinski definition) is 0. The third kappa shape index (κ3) is 7.12. The number of aryl methyl sites for hydroxylation is 4. The highest BCUT2D eigenvalue weighted by Gasteiger charge is 2.66. The fraction of sp³-hybridized carbons (Fsp3) is 0.243. The summed E-state index contributed by atoms with van der Waals surface area (Å²) in [6, 6.07) is 26.7. The van der Waals surface area contributed by atoms with E-state index in [1.807, 2.05) is 0 Å². The standard InChI is InChI=1S/C37H36O8/c1-6-15-28(33(38)42-29-20-11-7-16-24(29)2)37(34(39)43-30-21-12-8-17-25(30)3,35(40)44-31-22-13-9-18-26(31)4)36(41)45-32-23-14-10-19-27(32)5/h7-14,16-23,28H,6,15H2,1-5H3. The van der Waals surface area contributed by atoms with E-state index in [4.69, 9.17) is 18.9 Å². The first-order valence-corrected chi connectivity index (χ1v) is 14.7. The van der Waals surface area contributed by atoms with Crippen LogP contribution in [0.5, 0.6) is 23.0 Å². The molecule has 8 nitrogen and oxygen atoms in total. The van der Waals surface area contributed by atoms with Gasteiger partial charge >= 0.3 is 23.9 Å². The molecule has 0 heterocycles. The Morgan fingerprint density at radius 1 is 0.511 bits per heavy atom. The van der Waals surface area contributed by atoms with Gasteiger partial charge < -0.3 is 18.9 Å². The smallest absolute Gasteiger partial charge is 0.341 e. The Morgan fingerprint density at radius 2 is 0.800 bits per heavy atom. The Kier molecular flexibility index (Phi) is 10.5. The molecule has 1 atom stereocenters. The molecule has 0 N–H and O–H groups in total. The minimum Gasteiger partial charge on any atom is -0.426 e. The number of carbonyl (C=O) groups excluding carboxylic acids is 4. The van der Waals surface area contributed by atoms with E-state index >= 15 is 0 Å². The van der Waals surface area contributed by atoms with Gasteiger partial charge in [-0.15, -0.1) is 0 Å². The molecule has 232 valence electrons. The van der Waals surface area contributed by atoms with E-state index in [-0.39, 0.29) is 29.4 Å². The van der Waals surface area contributed by atoms with Crippen molar-refractivity contribution in [3.05, 3.63) is 119 Å². The quantitative estimate of drug-likeness (QED) is 0.101. The van der Waals surface area contributed by atoms with Crippen LogP contribution >= 0.6 is 0 Å². The molecular weight excluding hydrogens is 572 g/mol. The average molecular weight is 609 g/mol. The molecule has 0 radical (unpaired) electrons. The number of rotatable bonds is 11. The second-order valence-electron chi connectivity index (χ2n) is 10.8. The van der Waals surface area contributed by atoms with Crippen molar-refractivity contribution >= 4 is 23.9 Å². The van der Waals surface area contributed by atoms with Crippen LogP contribution in [-0.2, 0) is 19.2 Å². The monoisotopic (exact) mass is 608 g/mol. The van der Waals surface area contributed by atoms with E-state index in [1.165, 1.54) is 18.2 Å². The fourth-order valence-corrected chi connectivity index (χ4v) is 4.88. The van der Waals surface area contributed by atoms with E-state index < -0.39 is 35.2 Å². The molecule has 0 amide bonds. The van der Waals surface area contributed by atoms with E-state index in [2.05, 4.69) is 0 Å². The molecule has 0 aliphatic carbocycles. The van der Waals surface area contributed by atoms with Gasteiger partial charge in [-0.25, -0.2) is 14.4 Å². The van der Waals surface area contributed by atoms with Crippen LogP contribution in [0.4, 0.5) is 0 Å². The van der Waals surface area contributed by atoms with Crippen LogP contribution in [0.3, 0.4) is 0 Å². The van der Waals surface area contributed by atoms with Gasteiger partial charge in [0.15, 0.2) is 0 Å². The molecule has 4 aromatic rings. The zero-order valence-corrected chi connectivity index (χ0v) is 26.0. The first-order valence-electron chi connectivity index (χ1n) is 14.7. The number of benzene rings is 4. The van der Waals surface area contributed by atoms with Gasteiger partial charge in [0.2, 0.25) is 0 Å². The van der Waals surface area contributed by atoms with Gasteiger partial charge in [0.1, 0.15) is 23.0 Å². The first kappa shape index (κ1) is 32.7. The number of para-hydroxylation sites is 4. The van der Waals surface area contributed by atoms with Crippen LogP contribution in [-0.4, -0.2) is 23.9 Å². The van der Waals surface area contributed by atoms with Crippen molar-refractivity contribution in [2.24, 2.45) is 11.3 Å². The molecule has 0 aliphatic rings. The SMILES string of the molecule is CCCC(C(=O)Oc1ccccc1C)C(C(=O)Oc1ccccc1C)(C(=O)Oc1ccccc1C)C(=O)Oc1ccccc1C. The highest BCUT2D eigenvalue weighted by Crippen LogP contribution is 2.40. The first-order chi connectivity index (χ1) is 21.6. The van der Waals surface area contributed by atoms with Crippen LogP contribution in [0, 0.1) is 39.0 Å². The minimum absolute atomic E-state index is 0.0989. The van der Waals surface area contributed by atoms with E-state index in [0.29, 0.717) is 28.7 Å².